The first kappa shape index (κ1) is 14.1. The molecule has 0 radical (unpaired) electrons. The molecule has 0 aromatic heterocycles. The summed E-state index contributed by atoms with van der Waals surface area (Å²) in [4.78, 5) is 11.2. The molecule has 1 rings (SSSR count). The van der Waals surface area contributed by atoms with Gasteiger partial charge >= 0.3 is 5.97 Å². The Hall–Kier alpha value is -1.00. The van der Waals surface area contributed by atoms with E-state index in [1.54, 1.807) is 11.8 Å². The molecule has 0 fully saturated rings. The smallest absolute Gasteiger partial charge is 0.311 e. The molecule has 3 nitrogen and oxygen atoms in total. The van der Waals surface area contributed by atoms with Gasteiger partial charge in [0, 0.05) is 12.4 Å². The van der Waals surface area contributed by atoms with Gasteiger partial charge in [0.05, 0.1) is 5.92 Å². The molecule has 0 aliphatic rings. The maximum absolute atomic E-state index is 11.2. The molecular formula is C13H18O3S. The zero-order valence-corrected chi connectivity index (χ0v) is 10.7. The van der Waals surface area contributed by atoms with E-state index >= 15 is 0 Å². The Kier molecular flexibility index (Phi) is 6.08. The Labute approximate surface area is 106 Å². The zero-order valence-electron chi connectivity index (χ0n) is 9.87. The number of aliphatic hydroxyl groups is 1. The average Bonchev–Trinajstić information content (AvgIpc) is 2.34. The fourth-order valence-electron chi connectivity index (χ4n) is 1.44. The maximum Gasteiger partial charge on any atom is 0.311 e. The van der Waals surface area contributed by atoms with Gasteiger partial charge in [-0.15, -0.1) is 0 Å². The molecule has 0 amide bonds. The summed E-state index contributed by atoms with van der Waals surface area (Å²) in [6.07, 6.45) is 0. The van der Waals surface area contributed by atoms with Crippen molar-refractivity contribution in [1.29, 1.82) is 0 Å². The Morgan fingerprint density at radius 1 is 1.29 bits per heavy atom. The van der Waals surface area contributed by atoms with Crippen LogP contribution in [0.4, 0.5) is 0 Å². The first-order valence-corrected chi connectivity index (χ1v) is 6.77. The van der Waals surface area contributed by atoms with Crippen molar-refractivity contribution in [2.24, 2.45) is 5.92 Å². The van der Waals surface area contributed by atoms with Crippen molar-refractivity contribution in [3.63, 3.8) is 0 Å². The van der Waals surface area contributed by atoms with Crippen molar-refractivity contribution in [3.05, 3.63) is 35.9 Å². The van der Waals surface area contributed by atoms with E-state index in [9.17, 15) is 9.90 Å². The highest BCUT2D eigenvalue weighted by Gasteiger charge is 2.19. The summed E-state index contributed by atoms with van der Waals surface area (Å²) in [5.74, 6) is 0.286. The second-order valence-corrected chi connectivity index (χ2v) is 5.20. The van der Waals surface area contributed by atoms with Crippen molar-refractivity contribution in [2.45, 2.75) is 12.8 Å². The van der Waals surface area contributed by atoms with Gasteiger partial charge in [-0.1, -0.05) is 37.3 Å². The van der Waals surface area contributed by atoms with Crippen molar-refractivity contribution < 1.29 is 15.0 Å². The number of aliphatic hydroxyl groups excluding tert-OH is 1. The lowest BCUT2D eigenvalue weighted by Crippen LogP contribution is -2.15. The van der Waals surface area contributed by atoms with Gasteiger partial charge in [-0.05, 0) is 17.2 Å². The number of benzene rings is 1. The molecule has 2 N–H and O–H groups in total. The fourth-order valence-corrected chi connectivity index (χ4v) is 2.65. The van der Waals surface area contributed by atoms with Gasteiger partial charge in [0.25, 0.3) is 0 Å². The van der Waals surface area contributed by atoms with Crippen LogP contribution in [0.5, 0.6) is 0 Å². The van der Waals surface area contributed by atoms with Crippen LogP contribution in [-0.2, 0) is 4.79 Å². The predicted octanol–water partition coefficient (Wildman–Crippen LogP) is 2.22. The normalized spacial score (nSPS) is 14.2. The highest BCUT2D eigenvalue weighted by molar-refractivity contribution is 7.99. The lowest BCUT2D eigenvalue weighted by Gasteiger charge is -2.13. The van der Waals surface area contributed by atoms with Gasteiger partial charge in [-0.3, -0.25) is 4.79 Å². The fraction of sp³-hybridized carbons (Fsp3) is 0.462. The largest absolute Gasteiger partial charge is 0.481 e. The predicted molar refractivity (Wildman–Crippen MR) is 70.4 cm³/mol. The van der Waals surface area contributed by atoms with Crippen LogP contribution in [0.3, 0.4) is 0 Å². The molecule has 4 heteroatoms. The Morgan fingerprint density at radius 2 is 1.94 bits per heavy atom. The van der Waals surface area contributed by atoms with E-state index < -0.39 is 11.9 Å². The third-order valence-electron chi connectivity index (χ3n) is 2.50. The van der Waals surface area contributed by atoms with Crippen LogP contribution in [0, 0.1) is 5.92 Å². The molecular weight excluding hydrogens is 236 g/mol. The molecule has 2 unspecified atom stereocenters. The van der Waals surface area contributed by atoms with Crippen LogP contribution in [0.2, 0.25) is 0 Å². The van der Waals surface area contributed by atoms with Gasteiger partial charge in [0.1, 0.15) is 0 Å². The van der Waals surface area contributed by atoms with Crippen molar-refractivity contribution >= 4 is 17.7 Å². The summed E-state index contributed by atoms with van der Waals surface area (Å²) in [5, 5.41) is 18.1. The van der Waals surface area contributed by atoms with E-state index in [2.05, 4.69) is 0 Å². The van der Waals surface area contributed by atoms with E-state index in [-0.39, 0.29) is 12.5 Å². The summed E-state index contributed by atoms with van der Waals surface area (Å²) < 4.78 is 0. The zero-order chi connectivity index (χ0) is 12.7. The minimum atomic E-state index is -0.791. The number of hydrogen-bond donors (Lipinski definition) is 2. The number of hydrogen-bond acceptors (Lipinski definition) is 3. The number of thioether (sulfide) groups is 1. The lowest BCUT2D eigenvalue weighted by molar-refractivity contribution is -0.138. The van der Waals surface area contributed by atoms with Gasteiger partial charge in [-0.2, -0.15) is 11.8 Å². The van der Waals surface area contributed by atoms with E-state index in [0.29, 0.717) is 5.75 Å². The first-order valence-electron chi connectivity index (χ1n) is 5.61. The first-order chi connectivity index (χ1) is 8.15. The van der Waals surface area contributed by atoms with Crippen molar-refractivity contribution in [3.8, 4) is 0 Å². The molecule has 0 heterocycles. The standard InChI is InChI=1S/C13H18O3S/c1-10(7-14)8-17-9-12(13(15)16)11-5-3-2-4-6-11/h2-6,10,12,14H,7-9H2,1H3,(H,15,16). The minimum Gasteiger partial charge on any atom is -0.481 e. The van der Waals surface area contributed by atoms with E-state index in [1.165, 1.54) is 0 Å². The molecule has 0 spiro atoms. The van der Waals surface area contributed by atoms with Crippen molar-refractivity contribution in [1.82, 2.24) is 0 Å². The number of aliphatic carboxylic acids is 1. The van der Waals surface area contributed by atoms with Crippen LogP contribution in [0.25, 0.3) is 0 Å². The molecule has 1 aromatic carbocycles. The Balaban J connectivity index is 2.54. The van der Waals surface area contributed by atoms with Gasteiger partial charge < -0.3 is 10.2 Å². The summed E-state index contributed by atoms with van der Waals surface area (Å²) in [5.41, 5.74) is 0.837. The summed E-state index contributed by atoms with van der Waals surface area (Å²) >= 11 is 1.58. The van der Waals surface area contributed by atoms with Gasteiger partial charge in [-0.25, -0.2) is 0 Å². The van der Waals surface area contributed by atoms with Crippen LogP contribution in [0.15, 0.2) is 30.3 Å². The molecule has 0 aliphatic carbocycles. The molecule has 0 saturated carbocycles. The van der Waals surface area contributed by atoms with Crippen LogP contribution in [-0.4, -0.2) is 34.3 Å². The molecule has 17 heavy (non-hydrogen) atoms. The monoisotopic (exact) mass is 254 g/mol. The van der Waals surface area contributed by atoms with Crippen LogP contribution >= 0.6 is 11.8 Å². The molecule has 94 valence electrons. The topological polar surface area (TPSA) is 57.5 Å². The average molecular weight is 254 g/mol. The summed E-state index contributed by atoms with van der Waals surface area (Å²) in [6, 6.07) is 9.27. The summed E-state index contributed by atoms with van der Waals surface area (Å²) in [7, 11) is 0. The van der Waals surface area contributed by atoms with Crippen LogP contribution in [0.1, 0.15) is 18.4 Å². The number of carboxylic acid groups (broad SMARTS) is 1. The van der Waals surface area contributed by atoms with E-state index in [4.69, 9.17) is 5.11 Å². The highest BCUT2D eigenvalue weighted by Crippen LogP contribution is 2.22. The molecule has 0 aliphatic heterocycles. The quantitative estimate of drug-likeness (QED) is 0.783. The van der Waals surface area contributed by atoms with E-state index in [1.807, 2.05) is 37.3 Å². The minimum absolute atomic E-state index is 0.149. The van der Waals surface area contributed by atoms with Gasteiger partial charge in [0.2, 0.25) is 0 Å². The number of rotatable bonds is 7. The Morgan fingerprint density at radius 3 is 2.47 bits per heavy atom. The lowest BCUT2D eigenvalue weighted by atomic mass is 10.0. The summed E-state index contributed by atoms with van der Waals surface area (Å²) in [6.45, 7) is 2.10. The molecule has 1 aromatic rings. The third-order valence-corrected chi connectivity index (χ3v) is 3.87. The second kappa shape index (κ2) is 7.35. The molecule has 0 bridgehead atoms. The van der Waals surface area contributed by atoms with Crippen molar-refractivity contribution in [2.75, 3.05) is 18.1 Å². The molecule has 0 saturated heterocycles. The second-order valence-electron chi connectivity index (χ2n) is 4.13. The number of carbonyl (C=O) groups is 1. The Bertz CT molecular complexity index is 340. The molecule has 2 atom stereocenters. The number of carboxylic acids is 1. The third kappa shape index (κ3) is 4.79. The highest BCUT2D eigenvalue weighted by atomic mass is 32.2. The van der Waals surface area contributed by atoms with Gasteiger partial charge in [0.15, 0.2) is 0 Å². The SMILES string of the molecule is CC(CO)CSCC(C(=O)O)c1ccccc1. The van der Waals surface area contributed by atoms with E-state index in [0.717, 1.165) is 11.3 Å². The van der Waals surface area contributed by atoms with Crippen LogP contribution < -0.4 is 0 Å². The maximum atomic E-state index is 11.2.